The minimum absolute atomic E-state index is 0.764. The normalized spacial score (nSPS) is 25.4. The summed E-state index contributed by atoms with van der Waals surface area (Å²) in [4.78, 5) is 8.68. The SMILES string of the molecule is COCCNCc1sc(N2CC3CCCC3C2)nc1C. The van der Waals surface area contributed by atoms with E-state index in [1.165, 1.54) is 48.1 Å². The van der Waals surface area contributed by atoms with Crippen LogP contribution in [0.15, 0.2) is 0 Å². The molecular formula is C15H25N3OS. The predicted octanol–water partition coefficient (Wildman–Crippen LogP) is 2.42. The van der Waals surface area contributed by atoms with Gasteiger partial charge in [-0.05, 0) is 31.6 Å². The van der Waals surface area contributed by atoms with Crippen LogP contribution >= 0.6 is 11.3 Å². The summed E-state index contributed by atoms with van der Waals surface area (Å²) in [7, 11) is 1.74. The smallest absolute Gasteiger partial charge is 0.185 e. The van der Waals surface area contributed by atoms with Gasteiger partial charge < -0.3 is 15.0 Å². The first-order valence-corrected chi connectivity index (χ1v) is 8.50. The van der Waals surface area contributed by atoms with Crippen LogP contribution < -0.4 is 10.2 Å². The second-order valence-electron chi connectivity index (χ2n) is 6.03. The number of aromatic nitrogens is 1. The molecule has 4 nitrogen and oxygen atoms in total. The number of thiazole rings is 1. The standard InChI is InChI=1S/C15H25N3OS/c1-11-14(8-16-6-7-19-2)20-15(17-11)18-9-12-4-3-5-13(12)10-18/h12-13,16H,3-10H2,1-2H3. The fourth-order valence-corrected chi connectivity index (χ4v) is 4.53. The van der Waals surface area contributed by atoms with Crippen LogP contribution in [-0.2, 0) is 11.3 Å². The van der Waals surface area contributed by atoms with Crippen LogP contribution in [0.3, 0.4) is 0 Å². The molecule has 2 aliphatic rings. The first kappa shape index (κ1) is 14.3. The minimum atomic E-state index is 0.764. The largest absolute Gasteiger partial charge is 0.383 e. The number of nitrogens with one attached hydrogen (secondary N) is 1. The van der Waals surface area contributed by atoms with E-state index in [-0.39, 0.29) is 0 Å². The van der Waals surface area contributed by atoms with Crippen LogP contribution in [0.1, 0.15) is 29.8 Å². The van der Waals surface area contributed by atoms with Gasteiger partial charge >= 0.3 is 0 Å². The summed E-state index contributed by atoms with van der Waals surface area (Å²) in [5.74, 6) is 1.87. The molecule has 1 aliphatic heterocycles. The number of hydrogen-bond donors (Lipinski definition) is 1. The van der Waals surface area contributed by atoms with Crippen LogP contribution in [0.25, 0.3) is 0 Å². The zero-order chi connectivity index (χ0) is 13.9. The Hall–Kier alpha value is -0.650. The summed E-state index contributed by atoms with van der Waals surface area (Å²) < 4.78 is 5.06. The third-order valence-electron chi connectivity index (χ3n) is 4.65. The Balaban J connectivity index is 1.58. The van der Waals surface area contributed by atoms with E-state index in [4.69, 9.17) is 9.72 Å². The average molecular weight is 295 g/mol. The van der Waals surface area contributed by atoms with E-state index in [1.807, 2.05) is 11.3 Å². The quantitative estimate of drug-likeness (QED) is 0.818. The van der Waals surface area contributed by atoms with Gasteiger partial charge in [-0.25, -0.2) is 4.98 Å². The maximum atomic E-state index is 5.06. The van der Waals surface area contributed by atoms with Gasteiger partial charge in [-0.15, -0.1) is 11.3 Å². The maximum Gasteiger partial charge on any atom is 0.185 e. The van der Waals surface area contributed by atoms with Gasteiger partial charge in [-0.3, -0.25) is 0 Å². The van der Waals surface area contributed by atoms with E-state index in [2.05, 4.69) is 17.1 Å². The number of ether oxygens (including phenoxy) is 1. The van der Waals surface area contributed by atoms with Crippen molar-refractivity contribution in [2.75, 3.05) is 38.3 Å². The molecule has 0 aromatic carbocycles. The highest BCUT2D eigenvalue weighted by molar-refractivity contribution is 7.15. The fraction of sp³-hybridized carbons (Fsp3) is 0.800. The molecule has 2 heterocycles. The zero-order valence-electron chi connectivity index (χ0n) is 12.5. The molecule has 2 fully saturated rings. The second-order valence-corrected chi connectivity index (χ2v) is 7.09. The van der Waals surface area contributed by atoms with Crippen molar-refractivity contribution < 1.29 is 4.74 Å². The Bertz CT molecular complexity index is 436. The highest BCUT2D eigenvalue weighted by Crippen LogP contribution is 2.40. The lowest BCUT2D eigenvalue weighted by Crippen LogP contribution is -2.20. The van der Waals surface area contributed by atoms with Crippen LogP contribution in [0.2, 0.25) is 0 Å². The molecule has 5 heteroatoms. The first-order chi connectivity index (χ1) is 9.78. The third-order valence-corrected chi connectivity index (χ3v) is 5.86. The summed E-state index contributed by atoms with van der Waals surface area (Å²) in [5, 5.41) is 4.65. The molecule has 0 radical (unpaired) electrons. The van der Waals surface area contributed by atoms with E-state index in [0.717, 1.165) is 31.5 Å². The Morgan fingerprint density at radius 2 is 2.10 bits per heavy atom. The number of nitrogens with zero attached hydrogens (tertiary/aromatic N) is 2. The Morgan fingerprint density at radius 1 is 1.35 bits per heavy atom. The van der Waals surface area contributed by atoms with Gasteiger partial charge in [-0.2, -0.15) is 0 Å². The molecule has 20 heavy (non-hydrogen) atoms. The van der Waals surface area contributed by atoms with Gasteiger partial charge in [-0.1, -0.05) is 6.42 Å². The van der Waals surface area contributed by atoms with Crippen LogP contribution in [-0.4, -0.2) is 38.3 Å². The molecule has 2 atom stereocenters. The predicted molar refractivity (Wildman–Crippen MR) is 83.5 cm³/mol. The highest BCUT2D eigenvalue weighted by Gasteiger charge is 2.37. The summed E-state index contributed by atoms with van der Waals surface area (Å²) in [6.45, 7) is 7.16. The zero-order valence-corrected chi connectivity index (χ0v) is 13.3. The van der Waals surface area contributed by atoms with Gasteiger partial charge in [0.15, 0.2) is 5.13 Å². The average Bonchev–Trinajstić information content (AvgIpc) is 3.08. The number of hydrogen-bond acceptors (Lipinski definition) is 5. The minimum Gasteiger partial charge on any atom is -0.383 e. The Morgan fingerprint density at radius 3 is 2.80 bits per heavy atom. The lowest BCUT2D eigenvalue weighted by Gasteiger charge is -2.15. The highest BCUT2D eigenvalue weighted by atomic mass is 32.1. The topological polar surface area (TPSA) is 37.4 Å². The lowest BCUT2D eigenvalue weighted by molar-refractivity contribution is 0.199. The van der Waals surface area contributed by atoms with Gasteiger partial charge in [0, 0.05) is 38.2 Å². The Kier molecular flexibility index (Phi) is 4.58. The molecule has 3 rings (SSSR count). The molecule has 112 valence electrons. The maximum absolute atomic E-state index is 5.06. The molecule has 1 N–H and O–H groups in total. The van der Waals surface area contributed by atoms with Gasteiger partial charge in [0.25, 0.3) is 0 Å². The van der Waals surface area contributed by atoms with E-state index in [1.54, 1.807) is 7.11 Å². The van der Waals surface area contributed by atoms with Gasteiger partial charge in [0.2, 0.25) is 0 Å². The first-order valence-electron chi connectivity index (χ1n) is 7.69. The van der Waals surface area contributed by atoms with E-state index in [0.29, 0.717) is 0 Å². The van der Waals surface area contributed by atoms with Crippen molar-refractivity contribution in [3.63, 3.8) is 0 Å². The molecule has 1 aromatic rings. The van der Waals surface area contributed by atoms with Crippen LogP contribution in [0.5, 0.6) is 0 Å². The Labute approximate surface area is 125 Å². The lowest BCUT2D eigenvalue weighted by atomic mass is 10.0. The van der Waals surface area contributed by atoms with E-state index in [9.17, 15) is 0 Å². The summed E-state index contributed by atoms with van der Waals surface area (Å²) in [5.41, 5.74) is 1.19. The number of anilines is 1. The molecule has 0 amide bonds. The van der Waals surface area contributed by atoms with Crippen molar-refractivity contribution in [2.45, 2.75) is 32.7 Å². The number of rotatable bonds is 6. The van der Waals surface area contributed by atoms with Crippen molar-refractivity contribution in [2.24, 2.45) is 11.8 Å². The number of fused-ring (bicyclic) bond motifs is 1. The van der Waals surface area contributed by atoms with Crippen molar-refractivity contribution in [3.05, 3.63) is 10.6 Å². The molecule has 1 aliphatic carbocycles. The van der Waals surface area contributed by atoms with Crippen LogP contribution in [0, 0.1) is 18.8 Å². The summed E-state index contributed by atoms with van der Waals surface area (Å²) in [6.07, 6.45) is 4.29. The third kappa shape index (κ3) is 3.00. The molecular weight excluding hydrogens is 270 g/mol. The number of methoxy groups -OCH3 is 1. The molecule has 1 saturated carbocycles. The van der Waals surface area contributed by atoms with E-state index < -0.39 is 0 Å². The monoisotopic (exact) mass is 295 g/mol. The van der Waals surface area contributed by atoms with Crippen molar-refractivity contribution in [3.8, 4) is 0 Å². The summed E-state index contributed by atoms with van der Waals surface area (Å²) in [6, 6.07) is 0. The van der Waals surface area contributed by atoms with Crippen molar-refractivity contribution in [1.29, 1.82) is 0 Å². The van der Waals surface area contributed by atoms with E-state index >= 15 is 0 Å². The molecule has 0 bridgehead atoms. The van der Waals surface area contributed by atoms with Crippen LogP contribution in [0.4, 0.5) is 5.13 Å². The van der Waals surface area contributed by atoms with Crippen molar-refractivity contribution >= 4 is 16.5 Å². The van der Waals surface area contributed by atoms with Gasteiger partial charge in [0.05, 0.1) is 12.3 Å². The van der Waals surface area contributed by atoms with Crippen molar-refractivity contribution in [1.82, 2.24) is 10.3 Å². The molecule has 1 saturated heterocycles. The summed E-state index contributed by atoms with van der Waals surface area (Å²) >= 11 is 1.86. The molecule has 2 unspecified atom stereocenters. The number of aryl methyl sites for hydroxylation is 1. The fourth-order valence-electron chi connectivity index (χ4n) is 3.48. The molecule has 1 aromatic heterocycles. The second kappa shape index (κ2) is 6.41. The molecule has 0 spiro atoms. The van der Waals surface area contributed by atoms with Gasteiger partial charge in [0.1, 0.15) is 0 Å².